The van der Waals surface area contributed by atoms with Gasteiger partial charge in [-0.3, -0.25) is 9.59 Å². The molecule has 1 N–H and O–H groups in total. The molecule has 0 spiro atoms. The average Bonchev–Trinajstić information content (AvgIpc) is 1.01. The molecule has 0 rings (SSSR count). The van der Waals surface area contributed by atoms with Gasteiger partial charge in [-0.15, -0.1) is 0 Å². The fourth-order valence-electron chi connectivity index (χ4n) is 10.8. The minimum Gasteiger partial charge on any atom is -0.477 e. The maximum absolute atomic E-state index is 13.0. The first-order valence-electron chi connectivity index (χ1n) is 41.2. The van der Waals surface area contributed by atoms with E-state index >= 15 is 0 Å². The van der Waals surface area contributed by atoms with Crippen molar-refractivity contribution >= 4 is 17.9 Å². The van der Waals surface area contributed by atoms with Crippen LogP contribution in [-0.2, 0) is 33.3 Å². The van der Waals surface area contributed by atoms with Gasteiger partial charge in [-0.1, -0.05) is 355 Å². The molecule has 103 heavy (non-hydrogen) atoms. The normalized spacial score (nSPS) is 13.8. The molecule has 0 aliphatic carbocycles. The molecule has 0 saturated heterocycles. The lowest BCUT2D eigenvalue weighted by Crippen LogP contribution is -2.40. The van der Waals surface area contributed by atoms with E-state index in [4.69, 9.17) is 18.9 Å². The Morgan fingerprint density at radius 1 is 0.291 bits per heavy atom. The highest BCUT2D eigenvalue weighted by molar-refractivity contribution is 5.71. The highest BCUT2D eigenvalue weighted by Gasteiger charge is 2.25. The molecule has 0 fully saturated rings. The number of rotatable bonds is 74. The van der Waals surface area contributed by atoms with Crippen molar-refractivity contribution in [3.8, 4) is 0 Å². The molecule has 0 amide bonds. The zero-order chi connectivity index (χ0) is 74.6. The van der Waals surface area contributed by atoms with Crippen LogP contribution in [0, 0.1) is 0 Å². The molecule has 0 aliphatic heterocycles. The minimum atomic E-state index is -1.53. The number of ether oxygens (including phenoxy) is 4. The van der Waals surface area contributed by atoms with Gasteiger partial charge in [0, 0.05) is 12.8 Å². The second-order valence-electron chi connectivity index (χ2n) is 28.0. The summed E-state index contributed by atoms with van der Waals surface area (Å²) in [6.45, 7) is 4.63. The van der Waals surface area contributed by atoms with E-state index in [-0.39, 0.29) is 32.2 Å². The number of carbonyl (C=O) groups is 3. The number of nitrogens with zero attached hydrogens (tertiary/aromatic N) is 1. The number of carboxylic acids is 1. The van der Waals surface area contributed by atoms with Crippen LogP contribution < -0.4 is 0 Å². The molecule has 0 aromatic carbocycles. The summed E-state index contributed by atoms with van der Waals surface area (Å²) >= 11 is 0. The van der Waals surface area contributed by atoms with E-state index in [0.717, 1.165) is 154 Å². The molecule has 2 atom stereocenters. The van der Waals surface area contributed by atoms with Crippen LogP contribution in [0.25, 0.3) is 0 Å². The lowest BCUT2D eigenvalue weighted by Gasteiger charge is -2.25. The van der Waals surface area contributed by atoms with Gasteiger partial charge in [0.15, 0.2) is 6.10 Å². The number of unbranched alkanes of at least 4 members (excludes halogenated alkanes) is 25. The number of allylic oxidation sites excluding steroid dienone is 34. The molecule has 0 aromatic heterocycles. The standard InChI is InChI=1S/C94H151NO8/c1-6-8-10-12-14-16-18-20-22-24-26-28-30-32-34-36-38-40-42-44-45-46-47-49-51-53-55-57-59-61-63-65-67-69-71-73-75-77-79-81-83-85-92(97)103-90(89-102-94(93(98)99)100-87-86-95(3,4)5)88-101-91(96)84-82-80-78-76-74-72-70-68-66-64-62-60-58-56-54-52-50-48-43-41-39-37-35-33-31-29-27-25-23-21-19-17-15-13-11-9-7-2/h8-11,14-17,20-23,26-29,32-35,38-41,44-45,47,49,53,55,59,61,65,67,90,94H,6-7,12-13,18-19,24-25,30-31,36-37,42-43,46,48,50-52,54,56-58,60,62-64,66,68-89H2,1-5H3/p+1/b10-8-,11-9-,16-14-,17-15-,22-20-,23-21-,28-26-,29-27-,34-32-,35-33-,40-38-,41-39-,45-44-,49-47-,55-53-,61-59-,67-65-. The quantitative estimate of drug-likeness (QED) is 0.0211. The first kappa shape index (κ1) is 96.9. The van der Waals surface area contributed by atoms with Crippen molar-refractivity contribution in [2.75, 3.05) is 47.5 Å². The van der Waals surface area contributed by atoms with Crippen molar-refractivity contribution in [1.82, 2.24) is 0 Å². The summed E-state index contributed by atoms with van der Waals surface area (Å²) in [5.41, 5.74) is 0. The van der Waals surface area contributed by atoms with E-state index < -0.39 is 24.3 Å². The summed E-state index contributed by atoms with van der Waals surface area (Å²) in [5, 5.41) is 9.78. The zero-order valence-corrected chi connectivity index (χ0v) is 66.4. The molecule has 0 heterocycles. The number of aliphatic carboxylic acids is 1. The Hall–Kier alpha value is -6.13. The van der Waals surface area contributed by atoms with Gasteiger partial charge in [-0.2, -0.15) is 0 Å². The third-order valence-corrected chi connectivity index (χ3v) is 17.0. The Labute approximate surface area is 633 Å². The third-order valence-electron chi connectivity index (χ3n) is 17.0. The van der Waals surface area contributed by atoms with Gasteiger partial charge < -0.3 is 28.5 Å². The van der Waals surface area contributed by atoms with Gasteiger partial charge in [-0.05, 0) is 148 Å². The van der Waals surface area contributed by atoms with Gasteiger partial charge >= 0.3 is 17.9 Å². The number of likely N-dealkylation sites (N-methyl/N-ethyl adjacent to an activating group) is 1. The maximum atomic E-state index is 13.0. The smallest absolute Gasteiger partial charge is 0.361 e. The first-order chi connectivity index (χ1) is 50.6. The summed E-state index contributed by atoms with van der Waals surface area (Å²) in [6.07, 6.45) is 124. The van der Waals surface area contributed by atoms with Crippen LogP contribution in [0.5, 0.6) is 0 Å². The van der Waals surface area contributed by atoms with E-state index in [1.165, 1.54) is 122 Å². The van der Waals surface area contributed by atoms with Crippen LogP contribution in [0.15, 0.2) is 207 Å². The van der Waals surface area contributed by atoms with E-state index in [1.54, 1.807) is 0 Å². The largest absolute Gasteiger partial charge is 0.477 e. The molecule has 0 saturated carbocycles. The maximum Gasteiger partial charge on any atom is 0.361 e. The molecule has 0 bridgehead atoms. The van der Waals surface area contributed by atoms with E-state index in [0.29, 0.717) is 23.9 Å². The first-order valence-corrected chi connectivity index (χ1v) is 41.2. The van der Waals surface area contributed by atoms with Crippen LogP contribution in [0.4, 0.5) is 0 Å². The van der Waals surface area contributed by atoms with Gasteiger partial charge in [0.25, 0.3) is 6.29 Å². The van der Waals surface area contributed by atoms with Crippen LogP contribution in [-0.4, -0.2) is 87.4 Å². The molecule has 0 aliphatic rings. The van der Waals surface area contributed by atoms with Crippen LogP contribution in [0.3, 0.4) is 0 Å². The summed E-state index contributed by atoms with van der Waals surface area (Å²) in [6, 6.07) is 0. The van der Waals surface area contributed by atoms with E-state index in [1.807, 2.05) is 21.1 Å². The molecular formula is C94H152NO8+. The Bertz CT molecular complexity index is 2460. The Balaban J connectivity index is 4.12. The van der Waals surface area contributed by atoms with Gasteiger partial charge in [0.05, 0.1) is 34.4 Å². The predicted molar refractivity (Wildman–Crippen MR) is 446 cm³/mol. The average molecular weight is 1420 g/mol. The zero-order valence-electron chi connectivity index (χ0n) is 66.4. The van der Waals surface area contributed by atoms with Crippen LogP contribution in [0.2, 0.25) is 0 Å². The lowest BCUT2D eigenvalue weighted by atomic mass is 10.0. The van der Waals surface area contributed by atoms with E-state index in [9.17, 15) is 19.5 Å². The fourth-order valence-corrected chi connectivity index (χ4v) is 10.8. The third kappa shape index (κ3) is 83.0. The molecule has 9 nitrogen and oxygen atoms in total. The summed E-state index contributed by atoms with van der Waals surface area (Å²) < 4.78 is 23.0. The van der Waals surface area contributed by atoms with Crippen molar-refractivity contribution in [3.63, 3.8) is 0 Å². The Kier molecular flexibility index (Phi) is 76.7. The monoisotopic (exact) mass is 1420 g/mol. The molecule has 9 heteroatoms. The Morgan fingerprint density at radius 2 is 0.524 bits per heavy atom. The number of quaternary nitrogens is 1. The van der Waals surface area contributed by atoms with Crippen LogP contribution in [0.1, 0.15) is 309 Å². The highest BCUT2D eigenvalue weighted by atomic mass is 16.7. The number of esters is 2. The molecule has 0 aromatic rings. The highest BCUT2D eigenvalue weighted by Crippen LogP contribution is 2.17. The van der Waals surface area contributed by atoms with E-state index in [2.05, 4.69) is 220 Å². The topological polar surface area (TPSA) is 108 Å². The molecule has 580 valence electrons. The summed E-state index contributed by atoms with van der Waals surface area (Å²) in [7, 11) is 5.97. The Morgan fingerprint density at radius 3 is 0.777 bits per heavy atom. The second kappa shape index (κ2) is 81.5. The number of carbonyl (C=O) groups excluding carboxylic acids is 2. The van der Waals surface area contributed by atoms with Gasteiger partial charge in [0.2, 0.25) is 0 Å². The fraction of sp³-hybridized carbons (Fsp3) is 0.606. The van der Waals surface area contributed by atoms with Crippen molar-refractivity contribution < 1.29 is 42.9 Å². The summed E-state index contributed by atoms with van der Waals surface area (Å²) in [4.78, 5) is 37.8. The SMILES string of the molecule is CC/C=C\C/C=C\C/C=C\C/C=C\C/C=C\C/C=C\C/C=C\C/C=C\C/C=C\C/C=C\C/C=C\CCCCCCCCCC(=O)OC(COC(=O)CCCCCCCCCCCCCCCCCCCC/C=C\C/C=C\C/C=C\C/C=C\C/C=C\C/C=C\CC)COC(OCC[N+](C)(C)C)C(=O)O. The molecular weight excluding hydrogens is 1270 g/mol. The second-order valence-corrected chi connectivity index (χ2v) is 28.0. The minimum absolute atomic E-state index is 0.177. The summed E-state index contributed by atoms with van der Waals surface area (Å²) in [5.74, 6) is -2.03. The van der Waals surface area contributed by atoms with Crippen LogP contribution >= 0.6 is 0 Å². The number of hydrogen-bond donors (Lipinski definition) is 1. The number of carboxylic acid groups (broad SMARTS) is 1. The van der Waals surface area contributed by atoms with Crippen molar-refractivity contribution in [2.24, 2.45) is 0 Å². The predicted octanol–water partition coefficient (Wildman–Crippen LogP) is 27.0. The molecule has 0 radical (unpaired) electrons. The number of hydrogen-bond acceptors (Lipinski definition) is 7. The van der Waals surface area contributed by atoms with Crippen molar-refractivity contribution in [2.45, 2.75) is 322 Å². The molecule has 2 unspecified atom stereocenters. The van der Waals surface area contributed by atoms with Gasteiger partial charge in [0.1, 0.15) is 13.2 Å². The lowest BCUT2D eigenvalue weighted by molar-refractivity contribution is -0.870. The van der Waals surface area contributed by atoms with Gasteiger partial charge in [-0.25, -0.2) is 4.79 Å². The van der Waals surface area contributed by atoms with Crippen molar-refractivity contribution in [3.05, 3.63) is 207 Å². The van der Waals surface area contributed by atoms with Crippen molar-refractivity contribution in [1.29, 1.82) is 0 Å².